The molecule has 0 radical (unpaired) electrons. The third kappa shape index (κ3) is 2.67. The third-order valence-corrected chi connectivity index (χ3v) is 4.35. The maximum absolute atomic E-state index is 11.2. The molecule has 1 heterocycles. The van der Waals surface area contributed by atoms with Crippen LogP contribution in [0.4, 0.5) is 5.82 Å². The average Bonchev–Trinajstić information content (AvgIpc) is 3.29. The van der Waals surface area contributed by atoms with Crippen molar-refractivity contribution < 1.29 is 15.0 Å². The van der Waals surface area contributed by atoms with Gasteiger partial charge in [-0.05, 0) is 30.0 Å². The number of hydrogen-bond acceptors (Lipinski definition) is 4. The van der Waals surface area contributed by atoms with Crippen LogP contribution in [0.5, 0.6) is 0 Å². The Morgan fingerprint density at radius 2 is 2.05 bits per heavy atom. The number of aromatic carboxylic acids is 1. The summed E-state index contributed by atoms with van der Waals surface area (Å²) in [5.74, 6) is -0.367. The molecule has 1 fully saturated rings. The number of anilines is 1. The molecule has 2 aromatic rings. The number of hydrogen-bond donors (Lipinski definition) is 3. The molecule has 5 heteroatoms. The third-order valence-electron chi connectivity index (χ3n) is 4.35. The number of benzene rings is 1. The number of carbonyl (C=O) groups is 1. The number of rotatable bonds is 6. The smallest absolute Gasteiger partial charge is 0.339 e. The monoisotopic (exact) mass is 298 g/mol. The van der Waals surface area contributed by atoms with Gasteiger partial charge in [0.05, 0.1) is 6.61 Å². The molecule has 3 N–H and O–H groups in total. The SMILES string of the molecule is O=C(O)c1cccnc1NCC1(CO)CC1c1ccccc1. The van der Waals surface area contributed by atoms with E-state index in [-0.39, 0.29) is 17.6 Å². The lowest BCUT2D eigenvalue weighted by Crippen LogP contribution is -2.22. The van der Waals surface area contributed by atoms with Crippen molar-refractivity contribution in [2.75, 3.05) is 18.5 Å². The average molecular weight is 298 g/mol. The second-order valence-electron chi connectivity index (χ2n) is 5.75. The topological polar surface area (TPSA) is 82.5 Å². The normalized spacial score (nSPS) is 23.0. The largest absolute Gasteiger partial charge is 0.478 e. The molecule has 3 rings (SSSR count). The molecular formula is C17H18N2O3. The molecule has 2 unspecified atom stereocenters. The Morgan fingerprint density at radius 1 is 1.27 bits per heavy atom. The van der Waals surface area contributed by atoms with Crippen molar-refractivity contribution in [3.63, 3.8) is 0 Å². The van der Waals surface area contributed by atoms with Gasteiger partial charge >= 0.3 is 5.97 Å². The molecule has 0 saturated heterocycles. The van der Waals surface area contributed by atoms with E-state index in [1.54, 1.807) is 12.3 Å². The van der Waals surface area contributed by atoms with Gasteiger partial charge in [-0.2, -0.15) is 0 Å². The van der Waals surface area contributed by atoms with Gasteiger partial charge in [0.25, 0.3) is 0 Å². The Morgan fingerprint density at radius 3 is 2.73 bits per heavy atom. The summed E-state index contributed by atoms with van der Waals surface area (Å²) in [6.45, 7) is 0.565. The van der Waals surface area contributed by atoms with Crippen molar-refractivity contribution in [1.82, 2.24) is 4.98 Å². The van der Waals surface area contributed by atoms with Crippen LogP contribution in [0.25, 0.3) is 0 Å². The quantitative estimate of drug-likeness (QED) is 0.762. The van der Waals surface area contributed by atoms with Crippen molar-refractivity contribution in [2.24, 2.45) is 5.41 Å². The van der Waals surface area contributed by atoms with E-state index in [0.717, 1.165) is 6.42 Å². The summed E-state index contributed by atoms with van der Waals surface area (Å²) < 4.78 is 0. The van der Waals surface area contributed by atoms with Crippen LogP contribution in [-0.2, 0) is 0 Å². The van der Waals surface area contributed by atoms with Gasteiger partial charge in [-0.25, -0.2) is 9.78 Å². The first-order valence-corrected chi connectivity index (χ1v) is 7.24. The lowest BCUT2D eigenvalue weighted by Gasteiger charge is -2.17. The van der Waals surface area contributed by atoms with Crippen molar-refractivity contribution in [3.05, 3.63) is 59.8 Å². The molecule has 1 aromatic heterocycles. The number of nitrogens with one attached hydrogen (secondary N) is 1. The van der Waals surface area contributed by atoms with Crippen molar-refractivity contribution in [2.45, 2.75) is 12.3 Å². The van der Waals surface area contributed by atoms with E-state index in [0.29, 0.717) is 18.3 Å². The number of nitrogens with zero attached hydrogens (tertiary/aromatic N) is 1. The number of pyridine rings is 1. The fourth-order valence-electron chi connectivity index (χ4n) is 2.91. The summed E-state index contributed by atoms with van der Waals surface area (Å²) in [5.41, 5.74) is 1.11. The minimum atomic E-state index is -1.01. The molecule has 1 aliphatic carbocycles. The van der Waals surface area contributed by atoms with Gasteiger partial charge in [-0.1, -0.05) is 30.3 Å². The van der Waals surface area contributed by atoms with Gasteiger partial charge in [0.2, 0.25) is 0 Å². The van der Waals surface area contributed by atoms with E-state index in [9.17, 15) is 9.90 Å². The second-order valence-corrected chi connectivity index (χ2v) is 5.75. The predicted octanol–water partition coefficient (Wildman–Crippen LogP) is 2.36. The predicted molar refractivity (Wildman–Crippen MR) is 83.0 cm³/mol. The molecule has 0 amide bonds. The summed E-state index contributed by atoms with van der Waals surface area (Å²) >= 11 is 0. The zero-order valence-corrected chi connectivity index (χ0v) is 12.1. The molecule has 0 aliphatic heterocycles. The van der Waals surface area contributed by atoms with Crippen LogP contribution in [0.3, 0.4) is 0 Å². The van der Waals surface area contributed by atoms with Gasteiger partial charge in [0, 0.05) is 18.2 Å². The van der Waals surface area contributed by atoms with E-state index in [2.05, 4.69) is 22.4 Å². The molecule has 0 spiro atoms. The highest BCUT2D eigenvalue weighted by atomic mass is 16.4. The molecule has 22 heavy (non-hydrogen) atoms. The molecule has 0 bridgehead atoms. The van der Waals surface area contributed by atoms with Crippen LogP contribution < -0.4 is 5.32 Å². The van der Waals surface area contributed by atoms with E-state index in [1.165, 1.54) is 11.6 Å². The Bertz CT molecular complexity index is 675. The number of carboxylic acids is 1. The summed E-state index contributed by atoms with van der Waals surface area (Å²) in [7, 11) is 0. The Balaban J connectivity index is 1.72. The Hall–Kier alpha value is -2.40. The van der Waals surface area contributed by atoms with E-state index >= 15 is 0 Å². The standard InChI is InChI=1S/C17H18N2O3/c20-11-17(9-14(17)12-5-2-1-3-6-12)10-19-15-13(16(21)22)7-4-8-18-15/h1-8,14,20H,9-11H2,(H,18,19)(H,21,22). The number of aliphatic hydroxyl groups is 1. The van der Waals surface area contributed by atoms with E-state index in [1.807, 2.05) is 18.2 Å². The molecule has 1 saturated carbocycles. The fraction of sp³-hybridized carbons (Fsp3) is 0.294. The highest BCUT2D eigenvalue weighted by Gasteiger charge is 2.54. The Kier molecular flexibility index (Phi) is 3.81. The lowest BCUT2D eigenvalue weighted by atomic mass is 9.99. The molecular weight excluding hydrogens is 280 g/mol. The summed E-state index contributed by atoms with van der Waals surface area (Å²) in [6, 6.07) is 13.2. The lowest BCUT2D eigenvalue weighted by molar-refractivity contribution is 0.0697. The first kappa shape index (κ1) is 14.5. The number of carboxylic acid groups (broad SMARTS) is 1. The zero-order chi connectivity index (χ0) is 15.6. The van der Waals surface area contributed by atoms with Crippen molar-refractivity contribution in [1.29, 1.82) is 0 Å². The van der Waals surface area contributed by atoms with Gasteiger partial charge in [0.15, 0.2) is 0 Å². The van der Waals surface area contributed by atoms with Crippen LogP contribution in [-0.4, -0.2) is 34.3 Å². The van der Waals surface area contributed by atoms with Crippen LogP contribution in [0.2, 0.25) is 0 Å². The first-order valence-electron chi connectivity index (χ1n) is 7.24. The van der Waals surface area contributed by atoms with Crippen LogP contribution in [0, 0.1) is 5.41 Å². The summed E-state index contributed by atoms with van der Waals surface area (Å²) in [4.78, 5) is 15.3. The minimum Gasteiger partial charge on any atom is -0.478 e. The minimum absolute atomic E-state index is 0.0643. The molecule has 2 atom stereocenters. The summed E-state index contributed by atoms with van der Waals surface area (Å²) in [5, 5.41) is 22.0. The maximum Gasteiger partial charge on any atom is 0.339 e. The van der Waals surface area contributed by atoms with Crippen LogP contribution >= 0.6 is 0 Å². The van der Waals surface area contributed by atoms with Crippen molar-refractivity contribution in [3.8, 4) is 0 Å². The summed E-state index contributed by atoms with van der Waals surface area (Å²) in [6.07, 6.45) is 2.44. The second kappa shape index (κ2) is 5.77. The van der Waals surface area contributed by atoms with E-state index < -0.39 is 5.97 Å². The molecule has 1 aromatic carbocycles. The van der Waals surface area contributed by atoms with Gasteiger partial charge in [-0.3, -0.25) is 0 Å². The number of aliphatic hydroxyl groups excluding tert-OH is 1. The van der Waals surface area contributed by atoms with Crippen molar-refractivity contribution >= 4 is 11.8 Å². The van der Waals surface area contributed by atoms with Crippen LogP contribution in [0.15, 0.2) is 48.7 Å². The van der Waals surface area contributed by atoms with Gasteiger partial charge in [-0.15, -0.1) is 0 Å². The zero-order valence-electron chi connectivity index (χ0n) is 12.1. The molecule has 1 aliphatic rings. The van der Waals surface area contributed by atoms with Gasteiger partial charge in [0.1, 0.15) is 11.4 Å². The first-order chi connectivity index (χ1) is 10.7. The highest BCUT2D eigenvalue weighted by Crippen LogP contribution is 2.58. The maximum atomic E-state index is 11.2. The fourth-order valence-corrected chi connectivity index (χ4v) is 2.91. The van der Waals surface area contributed by atoms with E-state index in [4.69, 9.17) is 5.11 Å². The van der Waals surface area contributed by atoms with Crippen LogP contribution in [0.1, 0.15) is 28.3 Å². The molecule has 114 valence electrons. The Labute approximate surface area is 128 Å². The molecule has 5 nitrogen and oxygen atoms in total. The highest BCUT2D eigenvalue weighted by molar-refractivity contribution is 5.92. The number of aromatic nitrogens is 1. The van der Waals surface area contributed by atoms with Gasteiger partial charge < -0.3 is 15.5 Å².